The fourth-order valence-electron chi connectivity index (χ4n) is 6.59. The molecule has 3 aromatic rings. The summed E-state index contributed by atoms with van der Waals surface area (Å²) < 4.78 is 38.9. The first kappa shape index (κ1) is 29.1. The lowest BCUT2D eigenvalue weighted by atomic mass is 9.92. The van der Waals surface area contributed by atoms with E-state index >= 15 is 0 Å². The molecular weight excluding hydrogens is 588 g/mol. The first-order chi connectivity index (χ1) is 20.1. The van der Waals surface area contributed by atoms with Crippen LogP contribution in [-0.2, 0) is 24.1 Å². The molecule has 42 heavy (non-hydrogen) atoms. The van der Waals surface area contributed by atoms with Crippen molar-refractivity contribution in [2.45, 2.75) is 57.2 Å². The van der Waals surface area contributed by atoms with E-state index in [1.54, 1.807) is 24.3 Å². The summed E-state index contributed by atoms with van der Waals surface area (Å²) in [5.41, 5.74) is 5.03. The number of hydrogen-bond donors (Lipinski definition) is 1. The van der Waals surface area contributed by atoms with Crippen molar-refractivity contribution in [1.29, 1.82) is 0 Å². The SMILES string of the molecule is O=C(c1ccc(-c2cc(Cl)c(CC3CCN(C4CCc5n[nH]cc5C4)C3=O)c(Cl)c2)cc1)N1CCC(C(F)(F)F)CC1. The van der Waals surface area contributed by atoms with Crippen LogP contribution in [0.1, 0.15) is 52.9 Å². The fourth-order valence-corrected chi connectivity index (χ4v) is 7.23. The summed E-state index contributed by atoms with van der Waals surface area (Å²) in [5.74, 6) is -1.66. The van der Waals surface area contributed by atoms with E-state index in [1.807, 2.05) is 23.2 Å². The molecule has 11 heteroatoms. The monoisotopic (exact) mass is 618 g/mol. The van der Waals surface area contributed by atoms with Crippen LogP contribution in [0, 0.1) is 11.8 Å². The number of benzene rings is 2. The van der Waals surface area contributed by atoms with Crippen molar-refractivity contribution < 1.29 is 22.8 Å². The van der Waals surface area contributed by atoms with E-state index in [9.17, 15) is 22.8 Å². The first-order valence-electron chi connectivity index (χ1n) is 14.3. The second-order valence-corrected chi connectivity index (χ2v) is 12.4. The molecule has 222 valence electrons. The van der Waals surface area contributed by atoms with E-state index in [1.165, 1.54) is 10.5 Å². The van der Waals surface area contributed by atoms with Crippen molar-refractivity contribution in [3.63, 3.8) is 0 Å². The fraction of sp³-hybridized carbons (Fsp3) is 0.452. The lowest BCUT2D eigenvalue weighted by Crippen LogP contribution is -2.42. The number of nitrogens with zero attached hydrogens (tertiary/aromatic N) is 3. The van der Waals surface area contributed by atoms with Crippen LogP contribution >= 0.6 is 23.2 Å². The molecule has 2 saturated heterocycles. The van der Waals surface area contributed by atoms with Crippen LogP contribution in [0.5, 0.6) is 0 Å². The van der Waals surface area contributed by atoms with E-state index in [2.05, 4.69) is 10.2 Å². The average Bonchev–Trinajstić information content (AvgIpc) is 3.60. The number of amides is 2. The number of halogens is 5. The topological polar surface area (TPSA) is 69.3 Å². The van der Waals surface area contributed by atoms with Crippen molar-refractivity contribution in [3.8, 4) is 11.1 Å². The number of aryl methyl sites for hydroxylation is 1. The van der Waals surface area contributed by atoms with Crippen LogP contribution < -0.4 is 0 Å². The van der Waals surface area contributed by atoms with E-state index in [4.69, 9.17) is 23.2 Å². The minimum Gasteiger partial charge on any atom is -0.339 e. The molecule has 0 saturated carbocycles. The van der Waals surface area contributed by atoms with Gasteiger partial charge in [-0.25, -0.2) is 0 Å². The standard InChI is InChI=1S/C31H31Cl2F3N4O2/c32-26-15-21(18-1-3-19(4-2-18)29(41)39-10-8-23(9-11-39)31(34,35)36)16-27(33)25(26)14-20-7-12-40(30(20)42)24-5-6-28-22(13-24)17-37-38-28/h1-4,15-17,20,23-24H,5-14H2,(H,37,38). The van der Waals surface area contributed by atoms with Crippen LogP contribution in [0.15, 0.2) is 42.6 Å². The number of aromatic nitrogens is 2. The summed E-state index contributed by atoms with van der Waals surface area (Å²) in [7, 11) is 0. The number of hydrogen-bond acceptors (Lipinski definition) is 3. The Morgan fingerprint density at radius 1 is 0.976 bits per heavy atom. The molecule has 1 N–H and O–H groups in total. The molecule has 3 heterocycles. The quantitative estimate of drug-likeness (QED) is 0.344. The molecule has 2 fully saturated rings. The van der Waals surface area contributed by atoms with E-state index in [0.29, 0.717) is 22.0 Å². The van der Waals surface area contributed by atoms with Crippen LogP contribution in [0.2, 0.25) is 10.0 Å². The Morgan fingerprint density at radius 2 is 1.67 bits per heavy atom. The number of nitrogens with one attached hydrogen (secondary N) is 1. The zero-order valence-corrected chi connectivity index (χ0v) is 24.4. The van der Waals surface area contributed by atoms with Gasteiger partial charge in [0.1, 0.15) is 0 Å². The van der Waals surface area contributed by atoms with Crippen molar-refractivity contribution in [1.82, 2.24) is 20.0 Å². The van der Waals surface area contributed by atoms with Crippen molar-refractivity contribution in [2.75, 3.05) is 19.6 Å². The molecule has 2 aliphatic heterocycles. The smallest absolute Gasteiger partial charge is 0.339 e. The Labute approximate surface area is 252 Å². The van der Waals surface area contributed by atoms with E-state index in [0.717, 1.165) is 54.6 Å². The van der Waals surface area contributed by atoms with Crippen LogP contribution in [0.25, 0.3) is 11.1 Å². The van der Waals surface area contributed by atoms with Gasteiger partial charge in [0.2, 0.25) is 5.91 Å². The highest BCUT2D eigenvalue weighted by molar-refractivity contribution is 6.36. The van der Waals surface area contributed by atoms with Crippen LogP contribution in [-0.4, -0.2) is 63.7 Å². The molecule has 0 spiro atoms. The number of carbonyl (C=O) groups is 2. The highest BCUT2D eigenvalue weighted by atomic mass is 35.5. The Morgan fingerprint density at radius 3 is 2.33 bits per heavy atom. The van der Waals surface area contributed by atoms with Gasteiger partial charge in [0.15, 0.2) is 0 Å². The van der Waals surface area contributed by atoms with Gasteiger partial charge in [-0.2, -0.15) is 18.3 Å². The molecule has 0 radical (unpaired) electrons. The lowest BCUT2D eigenvalue weighted by Gasteiger charge is -2.33. The molecule has 2 aromatic carbocycles. The van der Waals surface area contributed by atoms with Crippen molar-refractivity contribution >= 4 is 35.0 Å². The van der Waals surface area contributed by atoms with Crippen molar-refractivity contribution in [2.24, 2.45) is 11.8 Å². The summed E-state index contributed by atoms with van der Waals surface area (Å²) in [6.45, 7) is 0.898. The molecule has 6 nitrogen and oxygen atoms in total. The molecule has 2 amide bonds. The minimum atomic E-state index is -4.22. The highest BCUT2D eigenvalue weighted by Crippen LogP contribution is 2.37. The third-order valence-electron chi connectivity index (χ3n) is 9.07. The lowest BCUT2D eigenvalue weighted by molar-refractivity contribution is -0.183. The number of likely N-dealkylation sites (tertiary alicyclic amines) is 2. The zero-order chi connectivity index (χ0) is 29.6. The molecule has 3 aliphatic rings. The minimum absolute atomic E-state index is 0.0755. The van der Waals surface area contributed by atoms with Gasteiger partial charge < -0.3 is 9.80 Å². The predicted octanol–water partition coefficient (Wildman–Crippen LogP) is 6.75. The largest absolute Gasteiger partial charge is 0.391 e. The Hall–Kier alpha value is -3.04. The Bertz CT molecular complexity index is 1460. The summed E-state index contributed by atoms with van der Waals surface area (Å²) in [6.07, 6.45) is 1.38. The third kappa shape index (κ3) is 5.78. The molecule has 2 atom stereocenters. The van der Waals surface area contributed by atoms with Gasteiger partial charge in [-0.3, -0.25) is 14.7 Å². The van der Waals surface area contributed by atoms with E-state index < -0.39 is 12.1 Å². The second kappa shape index (κ2) is 11.6. The molecule has 2 unspecified atom stereocenters. The molecule has 1 aromatic heterocycles. The maximum atomic E-state index is 13.4. The van der Waals surface area contributed by atoms with Gasteiger partial charge in [0, 0.05) is 53.4 Å². The molecule has 0 bridgehead atoms. The maximum Gasteiger partial charge on any atom is 0.391 e. The number of piperidine rings is 1. The average molecular weight is 620 g/mol. The summed E-state index contributed by atoms with van der Waals surface area (Å²) in [4.78, 5) is 29.7. The Balaban J connectivity index is 1.09. The van der Waals surface area contributed by atoms with E-state index in [-0.39, 0.29) is 49.7 Å². The summed E-state index contributed by atoms with van der Waals surface area (Å²) in [6, 6.07) is 10.7. The highest BCUT2D eigenvalue weighted by Gasteiger charge is 2.42. The number of H-pyrrole nitrogens is 1. The summed E-state index contributed by atoms with van der Waals surface area (Å²) >= 11 is 13.4. The normalized spacial score (nSPS) is 21.6. The van der Waals surface area contributed by atoms with Gasteiger partial charge >= 0.3 is 6.18 Å². The summed E-state index contributed by atoms with van der Waals surface area (Å²) in [5, 5.41) is 8.19. The number of fused-ring (bicyclic) bond motifs is 1. The van der Waals surface area contributed by atoms with Gasteiger partial charge in [0.25, 0.3) is 5.91 Å². The molecular formula is C31H31Cl2F3N4O2. The first-order valence-corrected chi connectivity index (χ1v) is 15.1. The van der Waals surface area contributed by atoms with Crippen LogP contribution in [0.3, 0.4) is 0 Å². The van der Waals surface area contributed by atoms with Gasteiger partial charge in [-0.05, 0) is 91.5 Å². The third-order valence-corrected chi connectivity index (χ3v) is 9.75. The number of carbonyl (C=O) groups excluding carboxylic acids is 2. The van der Waals surface area contributed by atoms with Gasteiger partial charge in [0.05, 0.1) is 11.6 Å². The van der Waals surface area contributed by atoms with Gasteiger partial charge in [-0.15, -0.1) is 0 Å². The van der Waals surface area contributed by atoms with Crippen molar-refractivity contribution in [3.05, 3.63) is 75.0 Å². The number of rotatable bonds is 5. The second-order valence-electron chi connectivity index (χ2n) is 11.6. The van der Waals surface area contributed by atoms with Gasteiger partial charge in [-0.1, -0.05) is 35.3 Å². The Kier molecular flexibility index (Phi) is 8.00. The zero-order valence-electron chi connectivity index (χ0n) is 22.9. The van der Waals surface area contributed by atoms with Crippen LogP contribution in [0.4, 0.5) is 13.2 Å². The molecule has 1 aliphatic carbocycles. The number of alkyl halides is 3. The predicted molar refractivity (Wildman–Crippen MR) is 155 cm³/mol. The number of aromatic amines is 1. The maximum absolute atomic E-state index is 13.4. The molecule has 6 rings (SSSR count).